The van der Waals surface area contributed by atoms with Gasteiger partial charge in [0, 0.05) is 0 Å². The second-order valence-corrected chi connectivity index (χ2v) is 2.62. The van der Waals surface area contributed by atoms with Gasteiger partial charge < -0.3 is 15.6 Å². The smallest absolute Gasteiger partial charge is 0.151 e. The van der Waals surface area contributed by atoms with E-state index in [0.29, 0.717) is 0 Å². The van der Waals surface area contributed by atoms with E-state index in [0.717, 1.165) is 0 Å². The fraction of sp³-hybridized carbons (Fsp3) is 1.00. The normalized spacial score (nSPS) is 49.2. The number of hydrogen-bond donors (Lipinski definition) is 2. The minimum absolute atomic E-state index is 0.0456. The molecule has 3 N–H and O–H groups in total. The van der Waals surface area contributed by atoms with E-state index < -0.39 is 18.3 Å². The van der Waals surface area contributed by atoms with Gasteiger partial charge in [0.15, 0.2) is 6.17 Å². The van der Waals surface area contributed by atoms with Gasteiger partial charge in [-0.25, -0.2) is 4.39 Å². The van der Waals surface area contributed by atoms with Crippen LogP contribution < -0.4 is 5.73 Å². The fourth-order valence-electron chi connectivity index (χ4n) is 0.972. The maximum absolute atomic E-state index is 12.5. The van der Waals surface area contributed by atoms with Crippen molar-refractivity contribution in [2.75, 3.05) is 6.61 Å². The van der Waals surface area contributed by atoms with Crippen LogP contribution in [-0.2, 0) is 4.74 Å². The summed E-state index contributed by atoms with van der Waals surface area (Å²) in [5.41, 5.74) is 5.40. The van der Waals surface area contributed by atoms with Crippen molar-refractivity contribution in [3.05, 3.63) is 0 Å². The average Bonchev–Trinajstić information content (AvgIpc) is 1.93. The van der Waals surface area contributed by atoms with Crippen LogP contribution in [0, 0.1) is 0 Å². The van der Waals surface area contributed by atoms with Gasteiger partial charge in [-0.1, -0.05) is 0 Å². The predicted molar refractivity (Wildman–Crippen MR) is 34.3 cm³/mol. The van der Waals surface area contributed by atoms with Crippen LogP contribution in [-0.4, -0.2) is 36.1 Å². The first-order chi connectivity index (χ1) is 4.63. The molecular formula is C6H12FNO2. The van der Waals surface area contributed by atoms with E-state index in [-0.39, 0.29) is 12.7 Å². The summed E-state index contributed by atoms with van der Waals surface area (Å²) in [6, 6.07) is -0.594. The van der Waals surface area contributed by atoms with Crippen LogP contribution in [0.5, 0.6) is 0 Å². The summed E-state index contributed by atoms with van der Waals surface area (Å²) in [5.74, 6) is 0. The molecule has 3 nitrogen and oxygen atoms in total. The van der Waals surface area contributed by atoms with Crippen molar-refractivity contribution in [3.8, 4) is 0 Å². The monoisotopic (exact) mass is 149 g/mol. The topological polar surface area (TPSA) is 55.5 Å². The van der Waals surface area contributed by atoms with E-state index in [1.807, 2.05) is 0 Å². The minimum atomic E-state index is -1.33. The van der Waals surface area contributed by atoms with E-state index in [2.05, 4.69) is 0 Å². The molecule has 0 aromatic rings. The van der Waals surface area contributed by atoms with E-state index in [9.17, 15) is 4.39 Å². The third-order valence-electron chi connectivity index (χ3n) is 1.83. The van der Waals surface area contributed by atoms with Gasteiger partial charge in [-0.2, -0.15) is 0 Å². The Labute approximate surface area is 59.0 Å². The lowest BCUT2D eigenvalue weighted by molar-refractivity contribution is -0.0994. The number of halogens is 1. The molecule has 60 valence electrons. The summed E-state index contributed by atoms with van der Waals surface area (Å²) in [6.45, 7) is 1.68. The Hall–Kier alpha value is -0.190. The number of nitrogens with two attached hydrogens (primary N) is 1. The molecule has 0 saturated carbocycles. The molecule has 10 heavy (non-hydrogen) atoms. The molecule has 0 amide bonds. The Bertz CT molecular complexity index is 108. The highest BCUT2D eigenvalue weighted by Crippen LogP contribution is 2.15. The van der Waals surface area contributed by atoms with Crippen molar-refractivity contribution in [3.63, 3.8) is 0 Å². The molecule has 4 heteroatoms. The van der Waals surface area contributed by atoms with Gasteiger partial charge in [-0.3, -0.25) is 0 Å². The van der Waals surface area contributed by atoms with Crippen LogP contribution >= 0.6 is 0 Å². The van der Waals surface area contributed by atoms with Gasteiger partial charge in [0.05, 0.1) is 18.8 Å². The maximum Gasteiger partial charge on any atom is 0.151 e. The first kappa shape index (κ1) is 7.91. The number of alkyl halides is 1. The Morgan fingerprint density at radius 1 is 1.70 bits per heavy atom. The van der Waals surface area contributed by atoms with Gasteiger partial charge in [-0.05, 0) is 6.92 Å². The summed E-state index contributed by atoms with van der Waals surface area (Å²) in [5, 5.41) is 9.04. The first-order valence-corrected chi connectivity index (χ1v) is 3.32. The maximum atomic E-state index is 12.5. The lowest BCUT2D eigenvalue weighted by atomic mass is 10.0. The lowest BCUT2D eigenvalue weighted by Gasteiger charge is -2.32. The minimum Gasteiger partial charge on any atom is -0.388 e. The molecule has 1 fully saturated rings. The fourth-order valence-corrected chi connectivity index (χ4v) is 0.972. The van der Waals surface area contributed by atoms with E-state index in [4.69, 9.17) is 15.6 Å². The molecule has 4 atom stereocenters. The second-order valence-electron chi connectivity index (χ2n) is 2.62. The third-order valence-corrected chi connectivity index (χ3v) is 1.83. The van der Waals surface area contributed by atoms with Crippen molar-refractivity contribution in [2.24, 2.45) is 5.73 Å². The molecule has 1 heterocycles. The van der Waals surface area contributed by atoms with E-state index in [1.54, 1.807) is 6.92 Å². The molecule has 1 saturated heterocycles. The van der Waals surface area contributed by atoms with Gasteiger partial charge in [-0.15, -0.1) is 0 Å². The highest BCUT2D eigenvalue weighted by molar-refractivity contribution is 4.87. The SMILES string of the molecule is C[C@@H]1OC[C@H](F)[C@H](O)[C@@H]1N. The number of rotatable bonds is 0. The Kier molecular flexibility index (Phi) is 2.23. The first-order valence-electron chi connectivity index (χ1n) is 3.32. The van der Waals surface area contributed by atoms with E-state index >= 15 is 0 Å². The van der Waals surface area contributed by atoms with E-state index in [1.165, 1.54) is 0 Å². The number of aliphatic hydroxyl groups excluding tert-OH is 1. The zero-order valence-electron chi connectivity index (χ0n) is 5.83. The molecule has 1 aliphatic rings. The van der Waals surface area contributed by atoms with Gasteiger partial charge in [0.2, 0.25) is 0 Å². The van der Waals surface area contributed by atoms with Crippen LogP contribution in [0.25, 0.3) is 0 Å². The van der Waals surface area contributed by atoms with Crippen LogP contribution in [0.15, 0.2) is 0 Å². The summed E-state index contributed by atoms with van der Waals surface area (Å²) in [4.78, 5) is 0. The highest BCUT2D eigenvalue weighted by atomic mass is 19.1. The van der Waals surface area contributed by atoms with Gasteiger partial charge in [0.25, 0.3) is 0 Å². The largest absolute Gasteiger partial charge is 0.388 e. The zero-order chi connectivity index (χ0) is 7.72. The third kappa shape index (κ3) is 1.28. The average molecular weight is 149 g/mol. The summed E-state index contributed by atoms with van der Waals surface area (Å²) >= 11 is 0. The Morgan fingerprint density at radius 2 is 2.30 bits per heavy atom. The number of aliphatic hydroxyl groups is 1. The second kappa shape index (κ2) is 2.82. The molecular weight excluding hydrogens is 137 g/mol. The number of ether oxygens (including phenoxy) is 1. The quantitative estimate of drug-likeness (QED) is 0.485. The van der Waals surface area contributed by atoms with Crippen molar-refractivity contribution in [1.82, 2.24) is 0 Å². The molecule has 0 radical (unpaired) electrons. The Morgan fingerprint density at radius 3 is 2.80 bits per heavy atom. The lowest BCUT2D eigenvalue weighted by Crippen LogP contribution is -2.54. The van der Waals surface area contributed by atoms with Gasteiger partial charge in [0.1, 0.15) is 6.10 Å². The molecule has 0 aromatic carbocycles. The molecule has 0 bridgehead atoms. The molecule has 0 aliphatic carbocycles. The molecule has 0 unspecified atom stereocenters. The number of hydrogen-bond acceptors (Lipinski definition) is 3. The van der Waals surface area contributed by atoms with Gasteiger partial charge >= 0.3 is 0 Å². The summed E-state index contributed by atoms with van der Waals surface area (Å²) < 4.78 is 17.5. The standard InChI is InChI=1S/C6H12FNO2/c1-3-5(8)6(9)4(7)2-10-3/h3-6,9H,2,8H2,1H3/t3-,4-,5+,6-/m0/s1. The van der Waals surface area contributed by atoms with Crippen molar-refractivity contribution in [1.29, 1.82) is 0 Å². The summed E-state index contributed by atoms with van der Waals surface area (Å²) in [6.07, 6.45) is -2.64. The van der Waals surface area contributed by atoms with Crippen molar-refractivity contribution in [2.45, 2.75) is 31.3 Å². The summed E-state index contributed by atoms with van der Waals surface area (Å²) in [7, 11) is 0. The van der Waals surface area contributed by atoms with Crippen LogP contribution in [0.1, 0.15) is 6.92 Å². The molecule has 0 spiro atoms. The molecule has 0 aromatic heterocycles. The predicted octanol–water partition coefficient (Wildman–Crippen LogP) is -0.569. The Balaban J connectivity index is 2.52. The molecule has 1 aliphatic heterocycles. The molecule has 1 rings (SSSR count). The van der Waals surface area contributed by atoms with Crippen molar-refractivity contribution >= 4 is 0 Å². The van der Waals surface area contributed by atoms with Crippen molar-refractivity contribution < 1.29 is 14.2 Å². The van der Waals surface area contributed by atoms with Crippen LogP contribution in [0.3, 0.4) is 0 Å². The van der Waals surface area contributed by atoms with Crippen LogP contribution in [0.4, 0.5) is 4.39 Å². The zero-order valence-corrected chi connectivity index (χ0v) is 5.83. The highest BCUT2D eigenvalue weighted by Gasteiger charge is 2.34. The van der Waals surface area contributed by atoms with Crippen LogP contribution in [0.2, 0.25) is 0 Å².